The molecule has 2 rings (SSSR count). The maximum atomic E-state index is 13.6. The highest BCUT2D eigenvalue weighted by molar-refractivity contribution is 5.90. The van der Waals surface area contributed by atoms with Gasteiger partial charge >= 0.3 is 29.8 Å². The first-order valence-corrected chi connectivity index (χ1v) is 44.3. The van der Waals surface area contributed by atoms with Crippen LogP contribution in [-0.4, -0.2) is 434 Å². The van der Waals surface area contributed by atoms with Gasteiger partial charge in [-0.2, -0.15) is 4.90 Å². The molecule has 2 saturated heterocycles. The molecule has 145 heavy (non-hydrogen) atoms. The molecular formula is C92H145F16NO36. The molecule has 0 saturated carbocycles. The Morgan fingerprint density at radius 1 is 0.359 bits per heavy atom. The number of halogens is 16. The van der Waals surface area contributed by atoms with E-state index in [0.717, 1.165) is 36.3 Å². The minimum absolute atomic E-state index is 0.0194. The molecule has 37 nitrogen and oxygen atoms in total. The Kier molecular flexibility index (Phi) is 93.6. The molecule has 846 valence electrons. The van der Waals surface area contributed by atoms with Gasteiger partial charge in [0.2, 0.25) is 0 Å². The molecule has 0 aromatic rings. The van der Waals surface area contributed by atoms with Crippen LogP contribution in [0.5, 0.6) is 0 Å². The Labute approximate surface area is 835 Å². The Morgan fingerprint density at radius 3 is 0.869 bits per heavy atom. The van der Waals surface area contributed by atoms with Crippen LogP contribution in [0.25, 0.3) is 0 Å². The molecule has 2 fully saturated rings. The van der Waals surface area contributed by atoms with Crippen molar-refractivity contribution >= 4 is 35.6 Å². The van der Waals surface area contributed by atoms with Crippen LogP contribution in [0, 0.1) is 37.4 Å². The molecule has 0 aliphatic carbocycles. The van der Waals surface area contributed by atoms with Gasteiger partial charge in [-0.3, -0.25) is 4.79 Å². The Balaban J connectivity index is -0.000000403. The first-order valence-electron chi connectivity index (χ1n) is 44.3. The third kappa shape index (κ3) is 116. The van der Waals surface area contributed by atoms with Crippen molar-refractivity contribution < 1.29 is 243 Å². The molecule has 2 aliphatic rings. The summed E-state index contributed by atoms with van der Waals surface area (Å²) in [6.07, 6.45) is -4.55. The fourth-order valence-corrected chi connectivity index (χ4v) is 9.06. The lowest BCUT2D eigenvalue weighted by atomic mass is 9.97. The number of hydrogen-bond acceptors (Lipinski definition) is 37. The van der Waals surface area contributed by atoms with Gasteiger partial charge in [0.05, 0.1) is 269 Å². The van der Waals surface area contributed by atoms with Crippen LogP contribution in [0.1, 0.15) is 79.1 Å². The average Bonchev–Trinajstić information content (AvgIpc) is 1.82. The maximum absolute atomic E-state index is 13.6. The number of methoxy groups -OCH3 is 2. The first kappa shape index (κ1) is 147. The van der Waals surface area contributed by atoms with E-state index in [1.54, 1.807) is 21.1 Å². The van der Waals surface area contributed by atoms with Crippen LogP contribution in [-0.2, 0) is 142 Å². The monoisotopic (exact) mass is 2140 g/mol. The number of ether oxygens (including phenoxy) is 24. The van der Waals surface area contributed by atoms with Gasteiger partial charge in [-0.05, 0) is 33.8 Å². The molecule has 2 heterocycles. The summed E-state index contributed by atoms with van der Waals surface area (Å²) in [6.45, 7) is 35.8. The Hall–Kier alpha value is -8.18. The van der Waals surface area contributed by atoms with E-state index in [-0.39, 0.29) is 77.7 Å². The van der Waals surface area contributed by atoms with Gasteiger partial charge in [0, 0.05) is 74.6 Å². The zero-order chi connectivity index (χ0) is 112. The Morgan fingerprint density at radius 2 is 0.621 bits per heavy atom. The van der Waals surface area contributed by atoms with Crippen LogP contribution >= 0.6 is 0 Å². The number of carbonyl (C=O) groups is 6. The van der Waals surface area contributed by atoms with E-state index in [4.69, 9.17) is 129 Å². The summed E-state index contributed by atoms with van der Waals surface area (Å²) in [5.41, 5.74) is 0.280. The maximum Gasteiger partial charge on any atom is 0.333 e. The number of hydrogen-bond donors (Lipinski definition) is 6. The zero-order valence-electron chi connectivity index (χ0n) is 82.6. The molecule has 0 radical (unpaired) electrons. The van der Waals surface area contributed by atoms with Crippen molar-refractivity contribution in [3.63, 3.8) is 0 Å². The number of terminal acetylenes is 3. The van der Waals surface area contributed by atoms with Crippen LogP contribution in [0.3, 0.4) is 0 Å². The minimum Gasteiger partial charge on any atom is -0.460 e. The van der Waals surface area contributed by atoms with E-state index in [0.29, 0.717) is 203 Å². The number of carbonyl (C=O) groups excluding carboxylic acids is 6. The number of nitrogens with zero attached hydrogens (tertiary/aromatic N) is 1. The van der Waals surface area contributed by atoms with Gasteiger partial charge in [-0.1, -0.05) is 58.7 Å². The van der Waals surface area contributed by atoms with Crippen molar-refractivity contribution in [2.45, 2.75) is 163 Å². The molecule has 6 unspecified atom stereocenters. The van der Waals surface area contributed by atoms with E-state index in [9.17, 15) is 119 Å². The fourth-order valence-electron chi connectivity index (χ4n) is 9.06. The largest absolute Gasteiger partial charge is 0.460 e. The van der Waals surface area contributed by atoms with E-state index < -0.39 is 173 Å². The molecule has 0 aromatic heterocycles. The summed E-state index contributed by atoms with van der Waals surface area (Å²) in [7, 11) is 3.25. The summed E-state index contributed by atoms with van der Waals surface area (Å²) >= 11 is 0. The summed E-state index contributed by atoms with van der Waals surface area (Å²) in [5, 5.41) is 53.7. The number of ketones is 1. The molecular weight excluding hydrogens is 2000 g/mol. The molecule has 53 heteroatoms. The first-order chi connectivity index (χ1) is 68.0. The van der Waals surface area contributed by atoms with Crippen molar-refractivity contribution in [1.82, 2.24) is 4.90 Å². The van der Waals surface area contributed by atoms with Gasteiger partial charge in [0.15, 0.2) is 12.1 Å². The molecule has 6 atom stereocenters. The standard InChI is InChI=1S/C25H48O13.C15H20F8O3.C14H18F8O3.C13H24O7.C8H14O4.C7H12O4.C6H3N.C4H6O2/c1-3-25(27)38-23-24(26)22-37-21-20-36-19-18-35-17-16-34-15-14-33-13-12-32-11-10-31-9-8-30-7-6-29-5-4-28-2;1-9(2)11(25)26-5-10(24)4-13(18,19)7-15(22,23)8-14(20,21)6-12(3,16)17;1-3-10(24)25-5-9(23)4-12(17,18)7-14(21,22)8-13(19,20)6-11(2,15)16;1-3-13(15)20-11-12(14)10-19-9-8-18-7-6-17-5-4-16-2;1-7(2)8(10)12-6-5-11-4-3-9;1(2-9-7-5-11-7)8-3-6-4-10-6;1-4-7(5-2)6-3;1-2-4(6)3-5/h3,24,26H,1,4-23H2,2H3;10,24H,1,4-8H2,2-3H3;3,9,23H,1,4-8H2,2H3;3,12,14H,1,4-11H2,2H3;9H,1,3-6H2,2H3;6-7H,1-5H2;1-3H;2,5H,1,3H2. The van der Waals surface area contributed by atoms with Crippen LogP contribution in [0.2, 0.25) is 0 Å². The highest BCUT2D eigenvalue weighted by Crippen LogP contribution is 2.45. The van der Waals surface area contributed by atoms with Crippen molar-refractivity contribution in [2.24, 2.45) is 0 Å². The molecule has 0 bridgehead atoms. The topological polar surface area (TPSA) is 455 Å². The average molecular weight is 2150 g/mol. The lowest BCUT2D eigenvalue weighted by Crippen LogP contribution is -2.39. The third-order valence-corrected chi connectivity index (χ3v) is 15.3. The minimum atomic E-state index is -4.66. The van der Waals surface area contributed by atoms with Crippen LogP contribution in [0.4, 0.5) is 70.2 Å². The molecule has 6 N–H and O–H groups in total. The lowest BCUT2D eigenvalue weighted by Gasteiger charge is -2.28. The quantitative estimate of drug-likeness (QED) is 0.00489. The predicted octanol–water partition coefficient (Wildman–Crippen LogP) is 8.11. The normalized spacial score (nSPS) is 14.0. The van der Waals surface area contributed by atoms with Crippen molar-refractivity contribution in [2.75, 3.05) is 278 Å². The number of alkyl halides is 16. The van der Waals surface area contributed by atoms with Gasteiger partial charge in [0.25, 0.3) is 47.4 Å². The molecule has 0 aromatic carbocycles. The van der Waals surface area contributed by atoms with Crippen LogP contribution in [0.15, 0.2) is 74.9 Å². The van der Waals surface area contributed by atoms with Gasteiger partial charge in [0.1, 0.15) is 64.6 Å². The molecule has 0 spiro atoms. The highest BCUT2D eigenvalue weighted by Gasteiger charge is 2.54. The van der Waals surface area contributed by atoms with Crippen LogP contribution < -0.4 is 0 Å². The summed E-state index contributed by atoms with van der Waals surface area (Å²) in [4.78, 5) is 64.8. The lowest BCUT2D eigenvalue weighted by molar-refractivity contribution is -0.184. The van der Waals surface area contributed by atoms with E-state index in [1.165, 1.54) is 6.92 Å². The number of rotatable bonds is 82. The SMILES string of the molecule is C#CN(C#C)C#C.C(COC1CO1)OCC1CO1.C=C(C)C(=O)OCC(O)CC(F)(F)CC(F)(F)CC(F)(F)CC(C)(F)F.C=C(C)C(=O)OCCOCCO.C=CC(=O)CO.C=CC(=O)OCC(O)CC(F)(F)CC(F)(F)CC(F)(F)CC(C)(F)F.C=CC(=O)OCC(O)COCCOCCOCCOC.C=CC(=O)OCC(O)COCCOCCOCCOCCOCCOCCOCCOCCOCCOC. The van der Waals surface area contributed by atoms with Crippen molar-refractivity contribution in [3.8, 4) is 37.4 Å². The smallest absolute Gasteiger partial charge is 0.333 e. The number of esters is 5. The predicted molar refractivity (Wildman–Crippen MR) is 485 cm³/mol. The summed E-state index contributed by atoms with van der Waals surface area (Å²) < 4.78 is 332. The highest BCUT2D eigenvalue weighted by atomic mass is 19.3. The summed E-state index contributed by atoms with van der Waals surface area (Å²) in [5.74, 6) is -38.9. The number of epoxide rings is 2. The second-order valence-corrected chi connectivity index (χ2v) is 30.0. The van der Waals surface area contributed by atoms with Gasteiger partial charge < -0.3 is 144 Å². The van der Waals surface area contributed by atoms with Crippen molar-refractivity contribution in [3.05, 3.63) is 74.9 Å². The number of aliphatic hydroxyl groups excluding tert-OH is 6. The Bertz CT molecular complexity index is 3430. The van der Waals surface area contributed by atoms with E-state index >= 15 is 0 Å². The fraction of sp³-hybridized carbons (Fsp3) is 0.739. The second-order valence-electron chi connectivity index (χ2n) is 30.0. The third-order valence-electron chi connectivity index (χ3n) is 15.3. The molecule has 2 aliphatic heterocycles. The second kappa shape index (κ2) is 92.0. The van der Waals surface area contributed by atoms with Crippen molar-refractivity contribution in [1.29, 1.82) is 0 Å². The van der Waals surface area contributed by atoms with Gasteiger partial charge in [-0.25, -0.2) is 94.2 Å². The van der Waals surface area contributed by atoms with E-state index in [2.05, 4.69) is 71.8 Å². The summed E-state index contributed by atoms with van der Waals surface area (Å²) in [6, 6.07) is 6.19. The number of aliphatic hydroxyl groups is 6. The zero-order valence-corrected chi connectivity index (χ0v) is 82.6. The molecule has 0 amide bonds. The van der Waals surface area contributed by atoms with E-state index in [1.807, 2.05) is 0 Å². The van der Waals surface area contributed by atoms with Gasteiger partial charge in [-0.15, -0.1) is 0 Å².